The number of alkyl halides is 3. The van der Waals surface area contributed by atoms with Crippen LogP contribution in [0.25, 0.3) is 0 Å². The topological polar surface area (TPSA) is 12.0 Å². The Bertz CT molecular complexity index is 427. The van der Waals surface area contributed by atoms with E-state index in [0.717, 1.165) is 17.3 Å². The van der Waals surface area contributed by atoms with Crippen LogP contribution in [0.1, 0.15) is 37.7 Å². The molecule has 106 valence electrons. The zero-order valence-electron chi connectivity index (χ0n) is 10.7. The van der Waals surface area contributed by atoms with Gasteiger partial charge >= 0.3 is 6.18 Å². The molecular weight excluding hydrogens is 319 g/mol. The van der Waals surface area contributed by atoms with Gasteiger partial charge in [-0.2, -0.15) is 13.2 Å². The second kappa shape index (κ2) is 5.83. The lowest BCUT2D eigenvalue weighted by atomic mass is 9.75. The van der Waals surface area contributed by atoms with Gasteiger partial charge in [0.15, 0.2) is 0 Å². The van der Waals surface area contributed by atoms with Crippen LogP contribution in [-0.4, -0.2) is 18.3 Å². The van der Waals surface area contributed by atoms with Gasteiger partial charge in [-0.15, -0.1) is 0 Å². The molecule has 1 atom stereocenters. The summed E-state index contributed by atoms with van der Waals surface area (Å²) in [5.74, 6) is 0.450. The first-order valence-corrected chi connectivity index (χ1v) is 7.21. The molecule has 1 aliphatic rings. The zero-order valence-corrected chi connectivity index (χ0v) is 12.3. The molecule has 1 nitrogen and oxygen atoms in total. The van der Waals surface area contributed by atoms with Crippen molar-refractivity contribution >= 4 is 15.9 Å². The van der Waals surface area contributed by atoms with E-state index >= 15 is 0 Å². The van der Waals surface area contributed by atoms with Crippen molar-refractivity contribution < 1.29 is 13.2 Å². The molecule has 5 heteroatoms. The highest BCUT2D eigenvalue weighted by atomic mass is 79.9. The summed E-state index contributed by atoms with van der Waals surface area (Å²) in [4.78, 5) is 0. The Labute approximate surface area is 119 Å². The smallest absolute Gasteiger partial charge is 0.311 e. The molecule has 1 fully saturated rings. The summed E-state index contributed by atoms with van der Waals surface area (Å²) < 4.78 is 37.8. The molecule has 0 aliphatic heterocycles. The van der Waals surface area contributed by atoms with Gasteiger partial charge in [-0.05, 0) is 37.3 Å². The quantitative estimate of drug-likeness (QED) is 0.846. The summed E-state index contributed by atoms with van der Waals surface area (Å²) in [5.41, 5.74) is 1.25. The molecule has 19 heavy (non-hydrogen) atoms. The first kappa shape index (κ1) is 14.9. The number of benzene rings is 1. The number of hydrogen-bond donors (Lipinski definition) is 1. The minimum atomic E-state index is -4.09. The molecule has 1 unspecified atom stereocenters. The largest absolute Gasteiger partial charge is 0.390 e. The Morgan fingerprint density at radius 3 is 2.53 bits per heavy atom. The second-order valence-electron chi connectivity index (χ2n) is 5.27. The SMILES string of the molecule is CC(CC(F)(F)F)NC1CC(c2ccccc2Br)C1. The van der Waals surface area contributed by atoms with Crippen LogP contribution in [0.5, 0.6) is 0 Å². The number of rotatable bonds is 4. The normalized spacial score (nSPS) is 24.9. The monoisotopic (exact) mass is 335 g/mol. The Morgan fingerprint density at radius 2 is 1.95 bits per heavy atom. The van der Waals surface area contributed by atoms with E-state index in [2.05, 4.69) is 27.3 Å². The third-order valence-electron chi connectivity index (χ3n) is 3.54. The Balaban J connectivity index is 1.79. The van der Waals surface area contributed by atoms with E-state index in [1.165, 1.54) is 5.56 Å². The standard InChI is InChI=1S/C14H17BrF3N/c1-9(8-14(16,17)18)19-11-6-10(7-11)12-4-2-3-5-13(12)15/h2-5,9-11,19H,6-8H2,1H3. The van der Waals surface area contributed by atoms with Crippen molar-refractivity contribution in [2.45, 2.75) is 50.4 Å². The lowest BCUT2D eigenvalue weighted by molar-refractivity contribution is -0.139. The summed E-state index contributed by atoms with van der Waals surface area (Å²) in [5, 5.41) is 3.06. The summed E-state index contributed by atoms with van der Waals surface area (Å²) in [7, 11) is 0. The first-order valence-electron chi connectivity index (χ1n) is 6.42. The van der Waals surface area contributed by atoms with E-state index in [9.17, 15) is 13.2 Å². The summed E-state index contributed by atoms with van der Waals surface area (Å²) in [6, 6.07) is 7.73. The van der Waals surface area contributed by atoms with Crippen LogP contribution in [-0.2, 0) is 0 Å². The van der Waals surface area contributed by atoms with Crippen molar-refractivity contribution in [3.8, 4) is 0 Å². The maximum absolute atomic E-state index is 12.2. The van der Waals surface area contributed by atoms with E-state index in [0.29, 0.717) is 5.92 Å². The van der Waals surface area contributed by atoms with Gasteiger partial charge < -0.3 is 5.32 Å². The molecule has 1 aliphatic carbocycles. The molecule has 1 aromatic rings. The number of nitrogens with one attached hydrogen (secondary N) is 1. The van der Waals surface area contributed by atoms with Crippen molar-refractivity contribution in [1.29, 1.82) is 0 Å². The lowest BCUT2D eigenvalue weighted by Crippen LogP contribution is -2.45. The predicted octanol–water partition coefficient (Wildman–Crippen LogP) is 4.63. The Hall–Kier alpha value is -0.550. The number of halogens is 4. The van der Waals surface area contributed by atoms with Crippen LogP contribution in [0.2, 0.25) is 0 Å². The first-order chi connectivity index (χ1) is 8.85. The van der Waals surface area contributed by atoms with Gasteiger partial charge in [0.2, 0.25) is 0 Å². The average molecular weight is 336 g/mol. The van der Waals surface area contributed by atoms with Crippen LogP contribution in [0.4, 0.5) is 13.2 Å². The van der Waals surface area contributed by atoms with E-state index in [4.69, 9.17) is 0 Å². The molecule has 0 radical (unpaired) electrons. The average Bonchev–Trinajstić information content (AvgIpc) is 2.22. The maximum Gasteiger partial charge on any atom is 0.390 e. The van der Waals surface area contributed by atoms with Gasteiger partial charge in [0.1, 0.15) is 0 Å². The molecule has 0 aromatic heterocycles. The van der Waals surface area contributed by atoms with Gasteiger partial charge in [0, 0.05) is 16.6 Å². The van der Waals surface area contributed by atoms with Crippen molar-refractivity contribution in [2.75, 3.05) is 0 Å². The van der Waals surface area contributed by atoms with Crippen LogP contribution >= 0.6 is 15.9 Å². The molecule has 2 rings (SSSR count). The fraction of sp³-hybridized carbons (Fsp3) is 0.571. The highest BCUT2D eigenvalue weighted by Crippen LogP contribution is 2.40. The molecule has 0 spiro atoms. The van der Waals surface area contributed by atoms with Crippen molar-refractivity contribution in [2.24, 2.45) is 0 Å². The highest BCUT2D eigenvalue weighted by molar-refractivity contribution is 9.10. The molecule has 1 N–H and O–H groups in total. The molecule has 0 heterocycles. The minimum absolute atomic E-state index is 0.203. The fourth-order valence-electron chi connectivity index (χ4n) is 2.62. The molecular formula is C14H17BrF3N. The third-order valence-corrected chi connectivity index (χ3v) is 4.26. The van der Waals surface area contributed by atoms with Gasteiger partial charge in [0.25, 0.3) is 0 Å². The molecule has 0 saturated heterocycles. The fourth-order valence-corrected chi connectivity index (χ4v) is 3.23. The summed E-state index contributed by atoms with van der Waals surface area (Å²) >= 11 is 3.51. The predicted molar refractivity (Wildman–Crippen MR) is 73.2 cm³/mol. The molecule has 1 aromatic carbocycles. The van der Waals surface area contributed by atoms with Crippen LogP contribution in [0.15, 0.2) is 28.7 Å². The van der Waals surface area contributed by atoms with E-state index in [-0.39, 0.29) is 6.04 Å². The van der Waals surface area contributed by atoms with E-state index < -0.39 is 18.6 Å². The number of hydrogen-bond acceptors (Lipinski definition) is 1. The van der Waals surface area contributed by atoms with Crippen molar-refractivity contribution in [3.63, 3.8) is 0 Å². The highest BCUT2D eigenvalue weighted by Gasteiger charge is 2.35. The minimum Gasteiger partial charge on any atom is -0.311 e. The summed E-state index contributed by atoms with van der Waals surface area (Å²) in [6.07, 6.45) is -3.03. The Kier molecular flexibility index (Phi) is 4.56. The van der Waals surface area contributed by atoms with Gasteiger partial charge in [-0.3, -0.25) is 0 Å². The van der Waals surface area contributed by atoms with Crippen LogP contribution < -0.4 is 5.32 Å². The van der Waals surface area contributed by atoms with Crippen LogP contribution in [0, 0.1) is 0 Å². The molecule has 0 bridgehead atoms. The molecule has 0 amide bonds. The van der Waals surface area contributed by atoms with Crippen molar-refractivity contribution in [3.05, 3.63) is 34.3 Å². The Morgan fingerprint density at radius 1 is 1.32 bits per heavy atom. The zero-order chi connectivity index (χ0) is 14.0. The van der Waals surface area contributed by atoms with Crippen LogP contribution in [0.3, 0.4) is 0 Å². The molecule has 1 saturated carbocycles. The van der Waals surface area contributed by atoms with Gasteiger partial charge in [0.05, 0.1) is 6.42 Å². The van der Waals surface area contributed by atoms with Gasteiger partial charge in [-0.25, -0.2) is 0 Å². The van der Waals surface area contributed by atoms with Gasteiger partial charge in [-0.1, -0.05) is 34.1 Å². The second-order valence-corrected chi connectivity index (χ2v) is 6.13. The maximum atomic E-state index is 12.2. The van der Waals surface area contributed by atoms with E-state index in [1.54, 1.807) is 6.92 Å². The van der Waals surface area contributed by atoms with Crippen molar-refractivity contribution in [1.82, 2.24) is 5.32 Å². The summed E-state index contributed by atoms with van der Waals surface area (Å²) in [6.45, 7) is 1.60. The lowest BCUT2D eigenvalue weighted by Gasteiger charge is -2.38. The van der Waals surface area contributed by atoms with E-state index in [1.807, 2.05) is 18.2 Å². The third kappa shape index (κ3) is 4.21.